The zero-order valence-corrected chi connectivity index (χ0v) is 16.3. The first-order valence-electron chi connectivity index (χ1n) is 9.27. The number of likely N-dealkylation sites (tertiary alicyclic amines) is 1. The van der Waals surface area contributed by atoms with Gasteiger partial charge in [-0.15, -0.1) is 21.5 Å². The van der Waals surface area contributed by atoms with E-state index in [1.165, 1.54) is 24.8 Å². The molecule has 1 aliphatic rings. The molecule has 0 spiro atoms. The van der Waals surface area contributed by atoms with E-state index in [0.717, 1.165) is 28.8 Å². The van der Waals surface area contributed by atoms with Crippen LogP contribution < -0.4 is 10.6 Å². The largest absolute Gasteiger partial charge is 0.337 e. The number of anilines is 1. The SMILES string of the molecule is Cc1nnc(CCNC(=O)Nc2cccc(CN3CCCCC3C)c2)s1. The number of hydrogen-bond donors (Lipinski definition) is 2. The molecule has 2 N–H and O–H groups in total. The van der Waals surface area contributed by atoms with E-state index in [2.05, 4.69) is 44.8 Å². The molecule has 1 aromatic heterocycles. The third-order valence-corrected chi connectivity index (χ3v) is 5.60. The van der Waals surface area contributed by atoms with Gasteiger partial charge in [0.25, 0.3) is 0 Å². The number of aryl methyl sites for hydroxylation is 1. The lowest BCUT2D eigenvalue weighted by molar-refractivity contribution is 0.152. The molecule has 1 saturated heterocycles. The van der Waals surface area contributed by atoms with Crippen LogP contribution in [-0.2, 0) is 13.0 Å². The zero-order chi connectivity index (χ0) is 18.4. The summed E-state index contributed by atoms with van der Waals surface area (Å²) >= 11 is 1.56. The van der Waals surface area contributed by atoms with Crippen molar-refractivity contribution in [1.29, 1.82) is 0 Å². The molecule has 1 aliphatic heterocycles. The molecule has 0 aliphatic carbocycles. The number of carbonyl (C=O) groups excluding carboxylic acids is 1. The van der Waals surface area contributed by atoms with Crippen molar-refractivity contribution in [3.63, 3.8) is 0 Å². The molecule has 7 heteroatoms. The molecule has 1 atom stereocenters. The molecule has 0 bridgehead atoms. The number of rotatable bonds is 6. The van der Waals surface area contributed by atoms with Crippen molar-refractivity contribution in [2.45, 2.75) is 52.1 Å². The van der Waals surface area contributed by atoms with Crippen molar-refractivity contribution in [3.8, 4) is 0 Å². The highest BCUT2D eigenvalue weighted by atomic mass is 32.1. The summed E-state index contributed by atoms with van der Waals surface area (Å²) in [5.41, 5.74) is 2.07. The lowest BCUT2D eigenvalue weighted by Gasteiger charge is -2.33. The standard InChI is InChI=1S/C19H27N5OS/c1-14-6-3-4-11-24(14)13-16-7-5-8-17(12-16)21-19(25)20-10-9-18-23-22-15(2)26-18/h5,7-8,12,14H,3-4,6,9-11,13H2,1-2H3,(H2,20,21,25). The molecule has 26 heavy (non-hydrogen) atoms. The highest BCUT2D eigenvalue weighted by molar-refractivity contribution is 7.11. The van der Waals surface area contributed by atoms with Crippen LogP contribution in [0.2, 0.25) is 0 Å². The van der Waals surface area contributed by atoms with Gasteiger partial charge in [0.1, 0.15) is 10.0 Å². The Morgan fingerprint density at radius 3 is 3.00 bits per heavy atom. The van der Waals surface area contributed by atoms with Gasteiger partial charge in [0.2, 0.25) is 0 Å². The summed E-state index contributed by atoms with van der Waals surface area (Å²) in [7, 11) is 0. The van der Waals surface area contributed by atoms with Crippen LogP contribution in [0.1, 0.15) is 41.8 Å². The topological polar surface area (TPSA) is 70.1 Å². The maximum absolute atomic E-state index is 12.1. The summed E-state index contributed by atoms with van der Waals surface area (Å²) in [4.78, 5) is 14.6. The van der Waals surface area contributed by atoms with Crippen LogP contribution in [0.4, 0.5) is 10.5 Å². The van der Waals surface area contributed by atoms with Crippen molar-refractivity contribution in [2.24, 2.45) is 0 Å². The van der Waals surface area contributed by atoms with E-state index in [1.54, 1.807) is 11.3 Å². The molecule has 1 unspecified atom stereocenters. The van der Waals surface area contributed by atoms with Crippen molar-refractivity contribution in [1.82, 2.24) is 20.4 Å². The van der Waals surface area contributed by atoms with Gasteiger partial charge in [-0.1, -0.05) is 18.6 Å². The van der Waals surface area contributed by atoms with Gasteiger partial charge in [0.15, 0.2) is 0 Å². The van der Waals surface area contributed by atoms with Gasteiger partial charge < -0.3 is 10.6 Å². The molecular weight excluding hydrogens is 346 g/mol. The maximum atomic E-state index is 12.1. The second-order valence-electron chi connectivity index (χ2n) is 6.86. The Labute approximate surface area is 159 Å². The Bertz CT molecular complexity index is 732. The lowest BCUT2D eigenvalue weighted by atomic mass is 10.0. The van der Waals surface area contributed by atoms with Crippen LogP contribution in [0.3, 0.4) is 0 Å². The Morgan fingerprint density at radius 2 is 2.23 bits per heavy atom. The van der Waals surface area contributed by atoms with E-state index in [-0.39, 0.29) is 6.03 Å². The van der Waals surface area contributed by atoms with Gasteiger partial charge in [0.05, 0.1) is 0 Å². The summed E-state index contributed by atoms with van der Waals surface area (Å²) in [6.07, 6.45) is 4.58. The minimum absolute atomic E-state index is 0.185. The molecule has 0 saturated carbocycles. The molecule has 2 amide bonds. The molecular formula is C19H27N5OS. The Kier molecular flexibility index (Phi) is 6.57. The highest BCUT2D eigenvalue weighted by Gasteiger charge is 2.18. The monoisotopic (exact) mass is 373 g/mol. The van der Waals surface area contributed by atoms with Gasteiger partial charge >= 0.3 is 6.03 Å². The normalized spacial score (nSPS) is 17.8. The van der Waals surface area contributed by atoms with Gasteiger partial charge in [0, 0.05) is 31.2 Å². The summed E-state index contributed by atoms with van der Waals surface area (Å²) < 4.78 is 0. The predicted molar refractivity (Wildman–Crippen MR) is 106 cm³/mol. The number of piperidine rings is 1. The van der Waals surface area contributed by atoms with Crippen molar-refractivity contribution >= 4 is 23.1 Å². The summed E-state index contributed by atoms with van der Waals surface area (Å²) in [6.45, 7) is 6.87. The molecule has 0 radical (unpaired) electrons. The minimum Gasteiger partial charge on any atom is -0.337 e. The van der Waals surface area contributed by atoms with Gasteiger partial charge in [-0.05, 0) is 50.9 Å². The smallest absolute Gasteiger partial charge is 0.319 e. The van der Waals surface area contributed by atoms with Crippen LogP contribution in [0.25, 0.3) is 0 Å². The van der Waals surface area contributed by atoms with Crippen LogP contribution in [0, 0.1) is 6.92 Å². The second-order valence-corrected chi connectivity index (χ2v) is 8.13. The van der Waals surface area contributed by atoms with Crippen LogP contribution in [0.5, 0.6) is 0 Å². The summed E-state index contributed by atoms with van der Waals surface area (Å²) in [6, 6.07) is 8.57. The zero-order valence-electron chi connectivity index (χ0n) is 15.5. The number of urea groups is 1. The molecule has 2 aromatic rings. The van der Waals surface area contributed by atoms with Crippen molar-refractivity contribution in [3.05, 3.63) is 39.8 Å². The van der Waals surface area contributed by atoms with E-state index in [4.69, 9.17) is 0 Å². The van der Waals surface area contributed by atoms with Crippen molar-refractivity contribution in [2.75, 3.05) is 18.4 Å². The first kappa shape index (κ1) is 18.8. The van der Waals surface area contributed by atoms with E-state index < -0.39 is 0 Å². The molecule has 6 nitrogen and oxygen atoms in total. The fourth-order valence-corrected chi connectivity index (χ4v) is 3.98. The quantitative estimate of drug-likeness (QED) is 0.812. The van der Waals surface area contributed by atoms with E-state index in [0.29, 0.717) is 19.0 Å². The minimum atomic E-state index is -0.185. The average Bonchev–Trinajstić information content (AvgIpc) is 3.02. The first-order chi connectivity index (χ1) is 12.6. The highest BCUT2D eigenvalue weighted by Crippen LogP contribution is 2.20. The van der Waals surface area contributed by atoms with Gasteiger partial charge in [-0.25, -0.2) is 4.79 Å². The van der Waals surface area contributed by atoms with Gasteiger partial charge in [-0.3, -0.25) is 4.90 Å². The molecule has 2 heterocycles. The number of hydrogen-bond acceptors (Lipinski definition) is 5. The average molecular weight is 374 g/mol. The van der Waals surface area contributed by atoms with Crippen LogP contribution in [0.15, 0.2) is 24.3 Å². The summed E-state index contributed by atoms with van der Waals surface area (Å²) in [5.74, 6) is 0. The van der Waals surface area contributed by atoms with Crippen LogP contribution >= 0.6 is 11.3 Å². The van der Waals surface area contributed by atoms with Crippen LogP contribution in [-0.4, -0.2) is 40.3 Å². The third kappa shape index (κ3) is 5.51. The number of benzene rings is 1. The lowest BCUT2D eigenvalue weighted by Crippen LogP contribution is -2.36. The number of nitrogens with one attached hydrogen (secondary N) is 2. The molecule has 140 valence electrons. The Hall–Kier alpha value is -1.99. The fourth-order valence-electron chi connectivity index (χ4n) is 3.27. The Balaban J connectivity index is 1.47. The predicted octanol–water partition coefficient (Wildman–Crippen LogP) is 3.59. The van der Waals surface area contributed by atoms with Crippen molar-refractivity contribution < 1.29 is 4.79 Å². The number of nitrogens with zero attached hydrogens (tertiary/aromatic N) is 3. The molecule has 1 aromatic carbocycles. The second kappa shape index (κ2) is 9.09. The fraction of sp³-hybridized carbons (Fsp3) is 0.526. The van der Waals surface area contributed by atoms with E-state index >= 15 is 0 Å². The van der Waals surface area contributed by atoms with E-state index in [1.807, 2.05) is 19.1 Å². The molecule has 3 rings (SSSR count). The number of amides is 2. The Morgan fingerprint density at radius 1 is 1.35 bits per heavy atom. The molecule has 1 fully saturated rings. The maximum Gasteiger partial charge on any atom is 0.319 e. The number of carbonyl (C=O) groups is 1. The summed E-state index contributed by atoms with van der Waals surface area (Å²) in [5, 5.41) is 15.7. The third-order valence-electron chi connectivity index (χ3n) is 4.70. The number of aromatic nitrogens is 2. The van der Waals surface area contributed by atoms with Gasteiger partial charge in [-0.2, -0.15) is 0 Å². The van der Waals surface area contributed by atoms with E-state index in [9.17, 15) is 4.79 Å². The first-order valence-corrected chi connectivity index (χ1v) is 10.1.